The van der Waals surface area contributed by atoms with Crippen LogP contribution in [-0.2, 0) is 0 Å². The standard InChI is InChI=1S/C24H17N7OS/c1-12(32)19-4-5-20(33-19)23-22-18(6-7-27-23)28-24(29-22)21-16-9-13(2-3-17(16)30-31-21)14-8-15(25)11-26-10-14/h2-11H,25H2,1H3,(H,28,29)(H,30,31). The summed E-state index contributed by atoms with van der Waals surface area (Å²) in [4.78, 5) is 30.3. The van der Waals surface area contributed by atoms with Crippen LogP contribution in [0.15, 0.2) is 61.1 Å². The zero-order chi connectivity index (χ0) is 22.5. The van der Waals surface area contributed by atoms with Crippen molar-refractivity contribution in [2.24, 2.45) is 0 Å². The molecule has 8 nitrogen and oxygen atoms in total. The van der Waals surface area contributed by atoms with Crippen molar-refractivity contribution in [3.8, 4) is 33.2 Å². The van der Waals surface area contributed by atoms with Gasteiger partial charge in [-0.1, -0.05) is 6.07 Å². The van der Waals surface area contributed by atoms with Gasteiger partial charge in [-0.2, -0.15) is 5.10 Å². The highest BCUT2D eigenvalue weighted by atomic mass is 32.1. The summed E-state index contributed by atoms with van der Waals surface area (Å²) in [6, 6.07) is 13.5. The Bertz CT molecular complexity index is 1680. The van der Waals surface area contributed by atoms with Crippen LogP contribution in [0.25, 0.3) is 55.2 Å². The maximum absolute atomic E-state index is 11.7. The van der Waals surface area contributed by atoms with E-state index in [0.29, 0.717) is 22.1 Å². The molecule has 0 amide bonds. The Hall–Kier alpha value is -4.37. The number of thiophene rings is 1. The average molecular weight is 452 g/mol. The number of nitrogens with one attached hydrogen (secondary N) is 2. The van der Waals surface area contributed by atoms with Crippen LogP contribution in [0, 0.1) is 0 Å². The summed E-state index contributed by atoms with van der Waals surface area (Å²) in [5, 5.41) is 8.53. The van der Waals surface area contributed by atoms with Crippen LogP contribution in [0.5, 0.6) is 0 Å². The van der Waals surface area contributed by atoms with Crippen molar-refractivity contribution in [3.63, 3.8) is 0 Å². The van der Waals surface area contributed by atoms with Gasteiger partial charge in [-0.25, -0.2) is 4.98 Å². The molecule has 0 spiro atoms. The van der Waals surface area contributed by atoms with Crippen LogP contribution in [0.4, 0.5) is 5.69 Å². The lowest BCUT2D eigenvalue weighted by molar-refractivity contribution is 0.102. The Morgan fingerprint density at radius 1 is 1.00 bits per heavy atom. The van der Waals surface area contributed by atoms with Crippen molar-refractivity contribution in [1.29, 1.82) is 0 Å². The first-order valence-corrected chi connectivity index (χ1v) is 11.0. The molecule has 5 aromatic heterocycles. The molecule has 5 heterocycles. The highest BCUT2D eigenvalue weighted by Crippen LogP contribution is 2.34. The van der Waals surface area contributed by atoms with Gasteiger partial charge in [0.25, 0.3) is 0 Å². The minimum atomic E-state index is 0.0373. The number of hydrogen-bond donors (Lipinski definition) is 3. The van der Waals surface area contributed by atoms with Gasteiger partial charge in [0.05, 0.1) is 26.5 Å². The number of ketones is 1. The van der Waals surface area contributed by atoms with Crippen LogP contribution in [-0.4, -0.2) is 35.9 Å². The van der Waals surface area contributed by atoms with Crippen LogP contribution >= 0.6 is 11.3 Å². The second-order valence-electron chi connectivity index (χ2n) is 7.70. The van der Waals surface area contributed by atoms with E-state index in [1.54, 1.807) is 25.5 Å². The molecular formula is C24H17N7OS. The van der Waals surface area contributed by atoms with Crippen molar-refractivity contribution in [1.82, 2.24) is 30.1 Å². The van der Waals surface area contributed by atoms with Crippen molar-refractivity contribution < 1.29 is 4.79 Å². The number of nitrogens with zero attached hydrogens (tertiary/aromatic N) is 4. The van der Waals surface area contributed by atoms with Gasteiger partial charge in [-0.3, -0.25) is 19.9 Å². The van der Waals surface area contributed by atoms with E-state index in [1.807, 2.05) is 36.4 Å². The predicted molar refractivity (Wildman–Crippen MR) is 130 cm³/mol. The number of nitrogens with two attached hydrogens (primary N) is 1. The molecule has 6 aromatic rings. The Morgan fingerprint density at radius 2 is 1.91 bits per heavy atom. The van der Waals surface area contributed by atoms with Gasteiger partial charge >= 0.3 is 0 Å². The molecule has 0 atom stereocenters. The molecule has 0 saturated carbocycles. The number of aromatic amines is 2. The number of H-pyrrole nitrogens is 2. The topological polar surface area (TPSA) is 126 Å². The number of benzene rings is 1. The van der Waals surface area contributed by atoms with Crippen molar-refractivity contribution >= 4 is 44.7 Å². The normalized spacial score (nSPS) is 11.4. The first-order chi connectivity index (χ1) is 16.1. The number of nitrogen functional groups attached to an aromatic ring is 1. The second kappa shape index (κ2) is 7.35. The highest BCUT2D eigenvalue weighted by molar-refractivity contribution is 7.17. The monoisotopic (exact) mass is 451 g/mol. The predicted octanol–water partition coefficient (Wildman–Crippen LogP) is 5.08. The van der Waals surface area contributed by atoms with E-state index in [2.05, 4.69) is 31.2 Å². The second-order valence-corrected chi connectivity index (χ2v) is 8.78. The summed E-state index contributed by atoms with van der Waals surface area (Å²) in [7, 11) is 0. The van der Waals surface area contributed by atoms with Gasteiger partial charge in [-0.05, 0) is 48.9 Å². The minimum absolute atomic E-state index is 0.0373. The van der Waals surface area contributed by atoms with Crippen LogP contribution in [0.1, 0.15) is 16.6 Å². The summed E-state index contributed by atoms with van der Waals surface area (Å²) in [6.45, 7) is 1.56. The number of carbonyl (C=O) groups excluding carboxylic acids is 1. The molecule has 0 aliphatic carbocycles. The quantitative estimate of drug-likeness (QED) is 0.321. The maximum atomic E-state index is 11.7. The Morgan fingerprint density at radius 3 is 2.73 bits per heavy atom. The summed E-state index contributed by atoms with van der Waals surface area (Å²) < 4.78 is 0. The number of rotatable bonds is 4. The summed E-state index contributed by atoms with van der Waals surface area (Å²) in [5.74, 6) is 0.673. The average Bonchev–Trinajstić information content (AvgIpc) is 3.55. The van der Waals surface area contributed by atoms with Gasteiger partial charge in [0.1, 0.15) is 16.9 Å². The van der Waals surface area contributed by atoms with Gasteiger partial charge in [0.2, 0.25) is 0 Å². The molecule has 33 heavy (non-hydrogen) atoms. The van der Waals surface area contributed by atoms with Gasteiger partial charge in [0.15, 0.2) is 11.6 Å². The fourth-order valence-electron chi connectivity index (χ4n) is 3.87. The number of carbonyl (C=O) groups is 1. The molecule has 0 fully saturated rings. The number of Topliss-reactive ketones (excluding diaryl/α,β-unsaturated/α-hetero) is 1. The molecule has 9 heteroatoms. The molecule has 160 valence electrons. The van der Waals surface area contributed by atoms with E-state index in [-0.39, 0.29) is 5.78 Å². The van der Waals surface area contributed by atoms with E-state index in [4.69, 9.17) is 10.7 Å². The summed E-state index contributed by atoms with van der Waals surface area (Å²) >= 11 is 1.42. The van der Waals surface area contributed by atoms with Gasteiger partial charge in [-0.15, -0.1) is 11.3 Å². The lowest BCUT2D eigenvalue weighted by atomic mass is 10.0. The SMILES string of the molecule is CC(=O)c1ccc(-c2nccc3[nH]c(-c4n[nH]c5ccc(-c6cncc(N)c6)cc45)nc23)s1. The smallest absolute Gasteiger partial charge is 0.169 e. The van der Waals surface area contributed by atoms with Gasteiger partial charge < -0.3 is 10.7 Å². The number of anilines is 1. The highest BCUT2D eigenvalue weighted by Gasteiger charge is 2.17. The first kappa shape index (κ1) is 19.3. The minimum Gasteiger partial charge on any atom is -0.397 e. The van der Waals surface area contributed by atoms with E-state index in [1.165, 1.54) is 11.3 Å². The number of aromatic nitrogens is 6. The van der Waals surface area contributed by atoms with Crippen molar-refractivity contribution in [3.05, 3.63) is 65.9 Å². The number of hydrogen-bond acceptors (Lipinski definition) is 7. The maximum Gasteiger partial charge on any atom is 0.169 e. The summed E-state index contributed by atoms with van der Waals surface area (Å²) in [6.07, 6.45) is 5.14. The molecule has 6 rings (SSSR count). The fourth-order valence-corrected chi connectivity index (χ4v) is 4.77. The summed E-state index contributed by atoms with van der Waals surface area (Å²) in [5.41, 5.74) is 12.4. The Labute approximate surface area is 191 Å². The molecule has 0 radical (unpaired) electrons. The number of pyridine rings is 2. The molecule has 0 saturated heterocycles. The van der Waals surface area contributed by atoms with Gasteiger partial charge in [0, 0.05) is 29.5 Å². The third kappa shape index (κ3) is 3.26. The molecule has 1 aromatic carbocycles. The van der Waals surface area contributed by atoms with Crippen LogP contribution < -0.4 is 5.73 Å². The lowest BCUT2D eigenvalue weighted by Gasteiger charge is -2.03. The Kier molecular flexibility index (Phi) is 4.30. The molecular weight excluding hydrogens is 434 g/mol. The lowest BCUT2D eigenvalue weighted by Crippen LogP contribution is -1.88. The Balaban J connectivity index is 1.48. The molecule has 0 aliphatic rings. The van der Waals surface area contributed by atoms with E-state index in [9.17, 15) is 4.79 Å². The van der Waals surface area contributed by atoms with E-state index >= 15 is 0 Å². The van der Waals surface area contributed by atoms with Crippen LogP contribution in [0.3, 0.4) is 0 Å². The fraction of sp³-hybridized carbons (Fsp3) is 0.0417. The molecule has 0 aliphatic heterocycles. The van der Waals surface area contributed by atoms with E-state index in [0.717, 1.165) is 43.6 Å². The molecule has 4 N–H and O–H groups in total. The largest absolute Gasteiger partial charge is 0.397 e. The van der Waals surface area contributed by atoms with Crippen molar-refractivity contribution in [2.75, 3.05) is 5.73 Å². The third-order valence-corrected chi connectivity index (χ3v) is 6.66. The zero-order valence-electron chi connectivity index (χ0n) is 17.5. The first-order valence-electron chi connectivity index (χ1n) is 10.2. The number of imidazole rings is 1. The van der Waals surface area contributed by atoms with E-state index < -0.39 is 0 Å². The van der Waals surface area contributed by atoms with Crippen LogP contribution in [0.2, 0.25) is 0 Å². The third-order valence-electron chi connectivity index (χ3n) is 5.47. The zero-order valence-corrected chi connectivity index (χ0v) is 18.3. The van der Waals surface area contributed by atoms with Crippen molar-refractivity contribution in [2.45, 2.75) is 6.92 Å². The molecule has 0 unspecified atom stereocenters. The molecule has 0 bridgehead atoms. The number of fused-ring (bicyclic) bond motifs is 2.